The Labute approximate surface area is 150 Å². The predicted molar refractivity (Wildman–Crippen MR) is 103 cm³/mol. The van der Waals surface area contributed by atoms with Crippen molar-refractivity contribution in [1.82, 2.24) is 0 Å². The summed E-state index contributed by atoms with van der Waals surface area (Å²) in [5, 5.41) is 0. The van der Waals surface area contributed by atoms with Crippen LogP contribution in [0.5, 0.6) is 23.0 Å². The maximum absolute atomic E-state index is 5.91. The smallest absolute Gasteiger partial charge is 0.127 e. The summed E-state index contributed by atoms with van der Waals surface area (Å²) >= 11 is 0. The molecule has 0 aliphatic carbocycles. The van der Waals surface area contributed by atoms with Crippen LogP contribution in [0.1, 0.15) is 31.9 Å². The Hall–Kier alpha value is -2.74. The van der Waals surface area contributed by atoms with Gasteiger partial charge < -0.3 is 9.47 Å². The first-order valence-corrected chi connectivity index (χ1v) is 8.53. The normalized spacial score (nSPS) is 11.2. The van der Waals surface area contributed by atoms with Crippen molar-refractivity contribution in [2.75, 3.05) is 0 Å². The van der Waals surface area contributed by atoms with E-state index in [9.17, 15) is 0 Å². The lowest BCUT2D eigenvalue weighted by Gasteiger charge is -2.19. The summed E-state index contributed by atoms with van der Waals surface area (Å²) in [6.07, 6.45) is 0. The van der Waals surface area contributed by atoms with Crippen LogP contribution in [0.25, 0.3) is 0 Å². The van der Waals surface area contributed by atoms with Gasteiger partial charge in [-0.05, 0) is 66.4 Å². The van der Waals surface area contributed by atoms with Crippen molar-refractivity contribution in [3.05, 3.63) is 83.9 Å². The van der Waals surface area contributed by atoms with Gasteiger partial charge in [0.15, 0.2) is 0 Å². The molecule has 0 fully saturated rings. The van der Waals surface area contributed by atoms with E-state index in [2.05, 4.69) is 39.8 Å². The van der Waals surface area contributed by atoms with E-state index < -0.39 is 0 Å². The molecule has 0 atom stereocenters. The molecule has 2 nitrogen and oxygen atoms in total. The minimum absolute atomic E-state index is 0.146. The second-order valence-electron chi connectivity index (χ2n) is 7.26. The molecule has 0 bridgehead atoms. The van der Waals surface area contributed by atoms with Crippen molar-refractivity contribution in [2.45, 2.75) is 33.1 Å². The van der Waals surface area contributed by atoms with E-state index in [1.165, 1.54) is 11.1 Å². The van der Waals surface area contributed by atoms with Gasteiger partial charge in [-0.15, -0.1) is 0 Å². The van der Waals surface area contributed by atoms with Gasteiger partial charge in [0.05, 0.1) is 0 Å². The van der Waals surface area contributed by atoms with E-state index in [-0.39, 0.29) is 5.41 Å². The molecule has 0 aliphatic rings. The first-order chi connectivity index (χ1) is 11.9. The Morgan fingerprint density at radius 2 is 0.840 bits per heavy atom. The number of hydrogen-bond donors (Lipinski definition) is 0. The molecule has 3 aromatic rings. The third-order valence-electron chi connectivity index (χ3n) is 4.04. The first kappa shape index (κ1) is 17.1. The van der Waals surface area contributed by atoms with Crippen molar-refractivity contribution in [3.8, 4) is 23.0 Å². The molecule has 0 aromatic heterocycles. The molecule has 0 spiro atoms. The molecule has 0 radical (unpaired) electrons. The van der Waals surface area contributed by atoms with Crippen LogP contribution in [0.4, 0.5) is 0 Å². The fourth-order valence-corrected chi connectivity index (χ4v) is 2.48. The van der Waals surface area contributed by atoms with Crippen LogP contribution in [0.15, 0.2) is 72.8 Å². The molecule has 0 unspecified atom stereocenters. The number of aryl methyl sites for hydroxylation is 1. The van der Waals surface area contributed by atoms with E-state index in [1.807, 2.05) is 60.7 Å². The summed E-state index contributed by atoms with van der Waals surface area (Å²) in [5.74, 6) is 3.25. The molecule has 0 amide bonds. The number of ether oxygens (including phenoxy) is 2. The van der Waals surface area contributed by atoms with Gasteiger partial charge in [0.1, 0.15) is 23.0 Å². The molecule has 0 N–H and O–H groups in total. The highest BCUT2D eigenvalue weighted by Crippen LogP contribution is 2.29. The van der Waals surface area contributed by atoms with Crippen molar-refractivity contribution >= 4 is 0 Å². The molecular weight excluding hydrogens is 308 g/mol. The zero-order valence-corrected chi connectivity index (χ0v) is 15.2. The standard InChI is InChI=1S/C23H24O2/c1-17-5-9-19(10-6-17)24-21-13-15-22(16-14-21)25-20-11-7-18(8-12-20)23(2,3)4/h5-16H,1-4H3. The van der Waals surface area contributed by atoms with Crippen LogP contribution in [0.2, 0.25) is 0 Å². The summed E-state index contributed by atoms with van der Waals surface area (Å²) in [5.41, 5.74) is 2.66. The maximum Gasteiger partial charge on any atom is 0.127 e. The zero-order chi connectivity index (χ0) is 17.9. The molecule has 0 saturated carbocycles. The largest absolute Gasteiger partial charge is 0.457 e. The molecule has 0 aliphatic heterocycles. The Morgan fingerprint density at radius 1 is 0.520 bits per heavy atom. The van der Waals surface area contributed by atoms with Crippen LogP contribution in [0, 0.1) is 6.92 Å². The second kappa shape index (κ2) is 7.02. The van der Waals surface area contributed by atoms with Gasteiger partial charge in [-0.3, -0.25) is 0 Å². The summed E-state index contributed by atoms with van der Waals surface area (Å²) in [4.78, 5) is 0. The Morgan fingerprint density at radius 3 is 1.20 bits per heavy atom. The van der Waals surface area contributed by atoms with E-state index >= 15 is 0 Å². The predicted octanol–water partition coefficient (Wildman–Crippen LogP) is 6.88. The van der Waals surface area contributed by atoms with Gasteiger partial charge in [-0.1, -0.05) is 50.6 Å². The number of rotatable bonds is 4. The van der Waals surface area contributed by atoms with Gasteiger partial charge >= 0.3 is 0 Å². The van der Waals surface area contributed by atoms with Gasteiger partial charge in [0, 0.05) is 0 Å². The molecule has 3 aromatic carbocycles. The van der Waals surface area contributed by atoms with E-state index in [1.54, 1.807) is 0 Å². The van der Waals surface area contributed by atoms with E-state index in [0.717, 1.165) is 23.0 Å². The minimum atomic E-state index is 0.146. The topological polar surface area (TPSA) is 18.5 Å². The van der Waals surface area contributed by atoms with Crippen molar-refractivity contribution in [1.29, 1.82) is 0 Å². The highest BCUT2D eigenvalue weighted by atomic mass is 16.5. The van der Waals surface area contributed by atoms with Gasteiger partial charge in [-0.2, -0.15) is 0 Å². The average Bonchev–Trinajstić information content (AvgIpc) is 2.58. The van der Waals surface area contributed by atoms with E-state index in [4.69, 9.17) is 9.47 Å². The lowest BCUT2D eigenvalue weighted by Crippen LogP contribution is -2.10. The molecule has 25 heavy (non-hydrogen) atoms. The molecule has 2 heteroatoms. The van der Waals surface area contributed by atoms with Crippen molar-refractivity contribution in [2.24, 2.45) is 0 Å². The third-order valence-corrected chi connectivity index (χ3v) is 4.04. The molecule has 3 rings (SSSR count). The van der Waals surface area contributed by atoms with Crippen LogP contribution in [-0.2, 0) is 5.41 Å². The number of benzene rings is 3. The SMILES string of the molecule is Cc1ccc(Oc2ccc(Oc3ccc(C(C)(C)C)cc3)cc2)cc1. The number of hydrogen-bond acceptors (Lipinski definition) is 2. The summed E-state index contributed by atoms with van der Waals surface area (Å²) in [6.45, 7) is 8.67. The molecular formula is C23H24O2. The Bertz CT molecular complexity index is 808. The lowest BCUT2D eigenvalue weighted by molar-refractivity contribution is 0.468. The Balaban J connectivity index is 1.65. The van der Waals surface area contributed by atoms with Crippen molar-refractivity contribution < 1.29 is 9.47 Å². The third kappa shape index (κ3) is 4.63. The van der Waals surface area contributed by atoms with Crippen LogP contribution < -0.4 is 9.47 Å². The highest BCUT2D eigenvalue weighted by Gasteiger charge is 2.13. The summed E-state index contributed by atoms with van der Waals surface area (Å²) in [6, 6.07) is 23.9. The van der Waals surface area contributed by atoms with Crippen LogP contribution in [-0.4, -0.2) is 0 Å². The zero-order valence-electron chi connectivity index (χ0n) is 15.2. The van der Waals surface area contributed by atoms with Crippen molar-refractivity contribution in [3.63, 3.8) is 0 Å². The Kier molecular flexibility index (Phi) is 4.80. The lowest BCUT2D eigenvalue weighted by atomic mass is 9.87. The summed E-state index contributed by atoms with van der Waals surface area (Å²) < 4.78 is 11.7. The molecule has 128 valence electrons. The summed E-state index contributed by atoms with van der Waals surface area (Å²) in [7, 11) is 0. The fraction of sp³-hybridized carbons (Fsp3) is 0.217. The second-order valence-corrected chi connectivity index (χ2v) is 7.26. The molecule has 0 heterocycles. The minimum Gasteiger partial charge on any atom is -0.457 e. The van der Waals surface area contributed by atoms with Gasteiger partial charge in [0.25, 0.3) is 0 Å². The van der Waals surface area contributed by atoms with Crippen LogP contribution >= 0.6 is 0 Å². The average molecular weight is 332 g/mol. The molecule has 0 saturated heterocycles. The first-order valence-electron chi connectivity index (χ1n) is 8.53. The van der Waals surface area contributed by atoms with Gasteiger partial charge in [-0.25, -0.2) is 0 Å². The monoisotopic (exact) mass is 332 g/mol. The fourth-order valence-electron chi connectivity index (χ4n) is 2.48. The van der Waals surface area contributed by atoms with Gasteiger partial charge in [0.2, 0.25) is 0 Å². The van der Waals surface area contributed by atoms with E-state index in [0.29, 0.717) is 0 Å². The van der Waals surface area contributed by atoms with Crippen LogP contribution in [0.3, 0.4) is 0 Å². The highest BCUT2D eigenvalue weighted by molar-refractivity contribution is 5.39. The maximum atomic E-state index is 5.91. The quantitative estimate of drug-likeness (QED) is 0.518.